The molecule has 0 aliphatic carbocycles. The Balaban J connectivity index is 2.93. The molecule has 0 atom stereocenters. The number of halogens is 3. The number of methoxy groups -OCH3 is 2. The van der Waals surface area contributed by atoms with E-state index in [4.69, 9.17) is 14.6 Å². The van der Waals surface area contributed by atoms with Gasteiger partial charge in [0.15, 0.2) is 0 Å². The van der Waals surface area contributed by atoms with Crippen LogP contribution in [0.5, 0.6) is 11.5 Å². The number of hydrogen-bond acceptors (Lipinski definition) is 4. The normalized spacial score (nSPS) is 11.0. The van der Waals surface area contributed by atoms with E-state index in [0.29, 0.717) is 17.1 Å². The quantitative estimate of drug-likeness (QED) is 0.780. The first-order chi connectivity index (χ1) is 11.1. The molecular weight excluding hydrogens is 331 g/mol. The van der Waals surface area contributed by atoms with Crippen LogP contribution in [0.4, 0.5) is 13.2 Å². The molecule has 0 fully saturated rings. The Morgan fingerprint density at radius 3 is 2.08 bits per heavy atom. The fourth-order valence-corrected chi connectivity index (χ4v) is 1.98. The predicted molar refractivity (Wildman–Crippen MR) is 77.9 cm³/mol. The van der Waals surface area contributed by atoms with E-state index in [1.54, 1.807) is 18.2 Å². The first-order valence-electron chi connectivity index (χ1n) is 6.93. The number of carboxylic acid groups (broad SMARTS) is 1. The third kappa shape index (κ3) is 6.76. The fraction of sp³-hybridized carbons (Fsp3) is 0.467. The van der Waals surface area contributed by atoms with Gasteiger partial charge < -0.3 is 19.5 Å². The molecule has 0 spiro atoms. The summed E-state index contributed by atoms with van der Waals surface area (Å²) in [5.41, 5.74) is 0.479. The van der Waals surface area contributed by atoms with Gasteiger partial charge >= 0.3 is 12.1 Å². The van der Waals surface area contributed by atoms with Gasteiger partial charge in [0.05, 0.1) is 20.6 Å². The van der Waals surface area contributed by atoms with Crippen LogP contribution >= 0.6 is 0 Å². The third-order valence-corrected chi connectivity index (χ3v) is 3.09. The highest BCUT2D eigenvalue weighted by molar-refractivity contribution is 5.81. The molecule has 0 aliphatic rings. The van der Waals surface area contributed by atoms with Gasteiger partial charge in [0.1, 0.15) is 18.0 Å². The van der Waals surface area contributed by atoms with Crippen molar-refractivity contribution in [3.63, 3.8) is 0 Å². The number of alkyl halides is 3. The lowest BCUT2D eigenvalue weighted by molar-refractivity contribution is -0.152. The standard InChI is InChI=1S/C15H18F3NO5/c1-23-11-5-10(6-12(7-11)24-2)8-19(9-14(21)22)13(20)3-4-15(16,17)18/h5-7H,3-4,8-9H2,1-2H3,(H,21,22). The molecular formula is C15H18F3NO5. The Kier molecular flexibility index (Phi) is 6.87. The summed E-state index contributed by atoms with van der Waals surface area (Å²) in [7, 11) is 2.84. The van der Waals surface area contributed by atoms with Crippen molar-refractivity contribution < 1.29 is 37.3 Å². The summed E-state index contributed by atoms with van der Waals surface area (Å²) in [5, 5.41) is 8.87. The molecule has 9 heteroatoms. The number of amides is 1. The van der Waals surface area contributed by atoms with E-state index in [2.05, 4.69) is 0 Å². The summed E-state index contributed by atoms with van der Waals surface area (Å²) in [6, 6.07) is 4.68. The lowest BCUT2D eigenvalue weighted by Crippen LogP contribution is -2.35. The van der Waals surface area contributed by atoms with Crippen LogP contribution in [0.25, 0.3) is 0 Å². The largest absolute Gasteiger partial charge is 0.497 e. The molecule has 0 bridgehead atoms. The first kappa shape index (κ1) is 19.6. The van der Waals surface area contributed by atoms with E-state index in [9.17, 15) is 22.8 Å². The summed E-state index contributed by atoms with van der Waals surface area (Å²) in [4.78, 5) is 23.7. The molecule has 24 heavy (non-hydrogen) atoms. The minimum atomic E-state index is -4.48. The number of carbonyl (C=O) groups excluding carboxylic acids is 1. The molecule has 6 nitrogen and oxygen atoms in total. The Morgan fingerprint density at radius 2 is 1.67 bits per heavy atom. The van der Waals surface area contributed by atoms with E-state index >= 15 is 0 Å². The molecule has 0 saturated carbocycles. The van der Waals surface area contributed by atoms with Gasteiger partial charge in [-0.05, 0) is 17.7 Å². The molecule has 0 aromatic heterocycles. The monoisotopic (exact) mass is 349 g/mol. The predicted octanol–water partition coefficient (Wildman–Crippen LogP) is 2.46. The average Bonchev–Trinajstić information content (AvgIpc) is 2.50. The maximum absolute atomic E-state index is 12.2. The Morgan fingerprint density at radius 1 is 1.12 bits per heavy atom. The van der Waals surface area contributed by atoms with Gasteiger partial charge in [-0.1, -0.05) is 0 Å². The van der Waals surface area contributed by atoms with Gasteiger partial charge in [-0.3, -0.25) is 9.59 Å². The van der Waals surface area contributed by atoms with Crippen molar-refractivity contribution in [3.8, 4) is 11.5 Å². The summed E-state index contributed by atoms with van der Waals surface area (Å²) in [5.74, 6) is -1.37. The molecule has 1 amide bonds. The van der Waals surface area contributed by atoms with Crippen molar-refractivity contribution in [2.24, 2.45) is 0 Å². The van der Waals surface area contributed by atoms with E-state index in [0.717, 1.165) is 4.90 Å². The smallest absolute Gasteiger partial charge is 0.389 e. The van der Waals surface area contributed by atoms with Gasteiger partial charge in [-0.25, -0.2) is 0 Å². The molecule has 1 aromatic carbocycles. The number of carboxylic acids is 1. The van der Waals surface area contributed by atoms with Crippen molar-refractivity contribution in [1.29, 1.82) is 0 Å². The minimum Gasteiger partial charge on any atom is -0.497 e. The summed E-state index contributed by atoms with van der Waals surface area (Å²) < 4.78 is 46.9. The van der Waals surface area contributed by atoms with Gasteiger partial charge in [-0.2, -0.15) is 13.2 Å². The van der Waals surface area contributed by atoms with Crippen LogP contribution < -0.4 is 9.47 Å². The molecule has 1 rings (SSSR count). The van der Waals surface area contributed by atoms with Gasteiger partial charge in [-0.15, -0.1) is 0 Å². The zero-order chi connectivity index (χ0) is 18.3. The molecule has 0 radical (unpaired) electrons. The average molecular weight is 349 g/mol. The van der Waals surface area contributed by atoms with Crippen LogP contribution in [0.3, 0.4) is 0 Å². The number of benzene rings is 1. The fourth-order valence-electron chi connectivity index (χ4n) is 1.98. The summed E-state index contributed by atoms with van der Waals surface area (Å²) in [6.07, 6.45) is -6.59. The van der Waals surface area contributed by atoms with Gasteiger partial charge in [0.2, 0.25) is 5.91 Å². The highest BCUT2D eigenvalue weighted by Crippen LogP contribution is 2.25. The van der Waals surface area contributed by atoms with E-state index in [1.165, 1.54) is 14.2 Å². The summed E-state index contributed by atoms with van der Waals surface area (Å²) in [6.45, 7) is -0.868. The van der Waals surface area contributed by atoms with Gasteiger partial charge in [0, 0.05) is 19.0 Å². The third-order valence-electron chi connectivity index (χ3n) is 3.09. The zero-order valence-electron chi connectivity index (χ0n) is 13.2. The highest BCUT2D eigenvalue weighted by atomic mass is 19.4. The van der Waals surface area contributed by atoms with E-state index < -0.39 is 37.4 Å². The zero-order valence-corrected chi connectivity index (χ0v) is 13.2. The van der Waals surface area contributed by atoms with Gasteiger partial charge in [0.25, 0.3) is 0 Å². The van der Waals surface area contributed by atoms with Crippen LogP contribution in [0.15, 0.2) is 18.2 Å². The van der Waals surface area contributed by atoms with Crippen LogP contribution in [0.2, 0.25) is 0 Å². The lowest BCUT2D eigenvalue weighted by Gasteiger charge is -2.22. The summed E-state index contributed by atoms with van der Waals surface area (Å²) >= 11 is 0. The molecule has 0 aliphatic heterocycles. The Hall–Kier alpha value is -2.45. The lowest BCUT2D eigenvalue weighted by atomic mass is 10.1. The molecule has 0 heterocycles. The van der Waals surface area contributed by atoms with Crippen LogP contribution in [0.1, 0.15) is 18.4 Å². The molecule has 0 unspecified atom stereocenters. The number of ether oxygens (including phenoxy) is 2. The Bertz CT molecular complexity index is 567. The number of hydrogen-bond donors (Lipinski definition) is 1. The van der Waals surface area contributed by atoms with E-state index in [1.807, 2.05) is 0 Å². The molecule has 1 aromatic rings. The molecule has 134 valence electrons. The highest BCUT2D eigenvalue weighted by Gasteiger charge is 2.29. The van der Waals surface area contributed by atoms with Crippen molar-refractivity contribution in [2.75, 3.05) is 20.8 Å². The second-order valence-electron chi connectivity index (χ2n) is 4.98. The van der Waals surface area contributed by atoms with Crippen molar-refractivity contribution >= 4 is 11.9 Å². The number of aliphatic carboxylic acids is 1. The van der Waals surface area contributed by atoms with Crippen LogP contribution in [-0.2, 0) is 16.1 Å². The first-order valence-corrected chi connectivity index (χ1v) is 6.93. The van der Waals surface area contributed by atoms with Crippen LogP contribution in [-0.4, -0.2) is 48.8 Å². The van der Waals surface area contributed by atoms with E-state index in [-0.39, 0.29) is 6.54 Å². The van der Waals surface area contributed by atoms with Crippen molar-refractivity contribution in [3.05, 3.63) is 23.8 Å². The Labute approximate surface area is 136 Å². The second-order valence-corrected chi connectivity index (χ2v) is 4.98. The topological polar surface area (TPSA) is 76.1 Å². The maximum atomic E-state index is 12.2. The number of rotatable bonds is 8. The van der Waals surface area contributed by atoms with Crippen LogP contribution in [0, 0.1) is 0 Å². The number of carbonyl (C=O) groups is 2. The molecule has 1 N–H and O–H groups in total. The maximum Gasteiger partial charge on any atom is 0.389 e. The molecule has 0 saturated heterocycles. The second kappa shape index (κ2) is 8.42. The number of nitrogens with zero attached hydrogens (tertiary/aromatic N) is 1. The SMILES string of the molecule is COc1cc(CN(CC(=O)O)C(=O)CCC(F)(F)F)cc(OC)c1. The van der Waals surface area contributed by atoms with Crippen molar-refractivity contribution in [2.45, 2.75) is 25.6 Å². The minimum absolute atomic E-state index is 0.170. The van der Waals surface area contributed by atoms with Crippen molar-refractivity contribution in [1.82, 2.24) is 4.90 Å².